The summed E-state index contributed by atoms with van der Waals surface area (Å²) < 4.78 is 42.6. The van der Waals surface area contributed by atoms with Crippen LogP contribution in [0.2, 0.25) is 10.0 Å². The Morgan fingerprint density at radius 3 is 2.20 bits per heavy atom. The molecule has 11 heteroatoms. The molecular weight excluding hydrogens is 455 g/mol. The van der Waals surface area contributed by atoms with Crippen molar-refractivity contribution in [2.45, 2.75) is 24.8 Å². The molecule has 0 radical (unpaired) electrons. The molecule has 2 rings (SSSR count). The molecule has 8 nitrogen and oxygen atoms in total. The summed E-state index contributed by atoms with van der Waals surface area (Å²) in [5.41, 5.74) is 0.347. The normalized spacial score (nSPS) is 11.3. The van der Waals surface area contributed by atoms with Crippen LogP contribution in [0, 0.1) is 0 Å². The van der Waals surface area contributed by atoms with Crippen LogP contribution >= 0.6 is 23.2 Å². The van der Waals surface area contributed by atoms with Gasteiger partial charge in [0.05, 0.1) is 34.8 Å². The van der Waals surface area contributed by atoms with Gasteiger partial charge in [0.15, 0.2) is 6.61 Å². The van der Waals surface area contributed by atoms with Gasteiger partial charge in [0.25, 0.3) is 5.91 Å². The quantitative estimate of drug-likeness (QED) is 0.571. The summed E-state index contributed by atoms with van der Waals surface area (Å²) in [4.78, 5) is 12.3. The minimum absolute atomic E-state index is 0.00371. The molecule has 0 aliphatic carbocycles. The molecule has 0 aromatic heterocycles. The zero-order chi connectivity index (χ0) is 22.5. The van der Waals surface area contributed by atoms with Crippen LogP contribution in [0.1, 0.15) is 13.8 Å². The molecule has 2 aromatic rings. The third-order valence-electron chi connectivity index (χ3n) is 3.71. The van der Waals surface area contributed by atoms with E-state index >= 15 is 0 Å². The van der Waals surface area contributed by atoms with Crippen LogP contribution in [0.3, 0.4) is 0 Å². The van der Waals surface area contributed by atoms with Crippen molar-refractivity contribution in [1.82, 2.24) is 4.72 Å². The first-order valence-corrected chi connectivity index (χ1v) is 11.0. The third kappa shape index (κ3) is 6.15. The summed E-state index contributed by atoms with van der Waals surface area (Å²) in [7, 11) is -0.807. The molecule has 164 valence electrons. The molecule has 0 saturated heterocycles. The maximum atomic E-state index is 12.3. The second-order valence-electron chi connectivity index (χ2n) is 6.39. The van der Waals surface area contributed by atoms with Crippen molar-refractivity contribution in [2.75, 3.05) is 26.1 Å². The van der Waals surface area contributed by atoms with Crippen molar-refractivity contribution in [3.63, 3.8) is 0 Å². The number of ether oxygens (including phenoxy) is 3. The molecule has 0 saturated carbocycles. The molecule has 2 aromatic carbocycles. The zero-order valence-corrected chi connectivity index (χ0v) is 19.1. The summed E-state index contributed by atoms with van der Waals surface area (Å²) in [6, 6.07) is 6.75. The number of sulfonamides is 1. The maximum Gasteiger partial charge on any atom is 0.262 e. The predicted octanol–water partition coefficient (Wildman–Crippen LogP) is 3.71. The molecule has 0 fully saturated rings. The lowest BCUT2D eigenvalue weighted by Gasteiger charge is -2.14. The van der Waals surface area contributed by atoms with Gasteiger partial charge in [0.2, 0.25) is 10.0 Å². The Hall–Kier alpha value is -2.20. The van der Waals surface area contributed by atoms with E-state index in [1.165, 1.54) is 44.6 Å². The van der Waals surface area contributed by atoms with Gasteiger partial charge < -0.3 is 19.5 Å². The maximum absolute atomic E-state index is 12.3. The van der Waals surface area contributed by atoms with Gasteiger partial charge in [-0.05, 0) is 32.0 Å². The van der Waals surface area contributed by atoms with Crippen molar-refractivity contribution < 1.29 is 27.4 Å². The summed E-state index contributed by atoms with van der Waals surface area (Å²) in [5.74, 6) is 0.380. The lowest BCUT2D eigenvalue weighted by atomic mass is 10.2. The minimum atomic E-state index is -3.69. The number of carbonyl (C=O) groups is 1. The van der Waals surface area contributed by atoms with Crippen molar-refractivity contribution in [2.24, 2.45) is 0 Å². The fourth-order valence-corrected chi connectivity index (χ4v) is 4.24. The number of hydrogen-bond donors (Lipinski definition) is 2. The van der Waals surface area contributed by atoms with Crippen molar-refractivity contribution in [3.8, 4) is 17.2 Å². The van der Waals surface area contributed by atoms with E-state index in [0.717, 1.165) is 0 Å². The second kappa shape index (κ2) is 10.2. The van der Waals surface area contributed by atoms with E-state index in [1.807, 2.05) is 0 Å². The van der Waals surface area contributed by atoms with Gasteiger partial charge in [-0.2, -0.15) is 0 Å². The highest BCUT2D eigenvalue weighted by Gasteiger charge is 2.18. The Labute approximate surface area is 185 Å². The van der Waals surface area contributed by atoms with Crippen LogP contribution in [0.4, 0.5) is 5.69 Å². The number of methoxy groups -OCH3 is 2. The standard InChI is InChI=1S/C19H22Cl2N2O6S/c1-11(2)23-30(25,26)12-5-6-16(13(20)7-12)29-10-19(24)22-15-9-17(27-3)14(21)8-18(15)28-4/h5-9,11,23H,10H2,1-4H3,(H,22,24). The van der Waals surface area contributed by atoms with Gasteiger partial charge in [0, 0.05) is 18.2 Å². The van der Waals surface area contributed by atoms with E-state index in [4.69, 9.17) is 37.4 Å². The highest BCUT2D eigenvalue weighted by atomic mass is 35.5. The number of halogens is 2. The van der Waals surface area contributed by atoms with Gasteiger partial charge in [-0.1, -0.05) is 23.2 Å². The minimum Gasteiger partial charge on any atom is -0.495 e. The molecule has 0 spiro atoms. The van der Waals surface area contributed by atoms with E-state index in [0.29, 0.717) is 22.2 Å². The number of rotatable bonds is 9. The van der Waals surface area contributed by atoms with Gasteiger partial charge in [0.1, 0.15) is 17.2 Å². The van der Waals surface area contributed by atoms with Gasteiger partial charge in [-0.25, -0.2) is 13.1 Å². The van der Waals surface area contributed by atoms with Gasteiger partial charge >= 0.3 is 0 Å². The molecule has 0 aliphatic heterocycles. The fourth-order valence-electron chi connectivity index (χ4n) is 2.43. The van der Waals surface area contributed by atoms with E-state index in [-0.39, 0.29) is 28.3 Å². The second-order valence-corrected chi connectivity index (χ2v) is 8.92. The Morgan fingerprint density at radius 2 is 1.63 bits per heavy atom. The topological polar surface area (TPSA) is 103 Å². The van der Waals surface area contributed by atoms with Crippen LogP contribution in [0.15, 0.2) is 35.2 Å². The number of amides is 1. The molecule has 0 unspecified atom stereocenters. The predicted molar refractivity (Wildman–Crippen MR) is 116 cm³/mol. The molecule has 0 heterocycles. The van der Waals surface area contributed by atoms with Crippen molar-refractivity contribution >= 4 is 44.8 Å². The van der Waals surface area contributed by atoms with Gasteiger partial charge in [-0.3, -0.25) is 4.79 Å². The molecule has 1 amide bonds. The van der Waals surface area contributed by atoms with E-state index in [1.54, 1.807) is 13.8 Å². The summed E-state index contributed by atoms with van der Waals surface area (Å²) in [5, 5.41) is 3.02. The first-order valence-electron chi connectivity index (χ1n) is 8.73. The average Bonchev–Trinajstić information content (AvgIpc) is 2.66. The Bertz CT molecular complexity index is 1030. The highest BCUT2D eigenvalue weighted by Crippen LogP contribution is 2.36. The van der Waals surface area contributed by atoms with E-state index in [9.17, 15) is 13.2 Å². The van der Waals surface area contributed by atoms with Crippen LogP contribution in [0.5, 0.6) is 17.2 Å². The number of benzene rings is 2. The molecule has 30 heavy (non-hydrogen) atoms. The lowest BCUT2D eigenvalue weighted by Crippen LogP contribution is -2.30. The van der Waals surface area contributed by atoms with E-state index < -0.39 is 15.9 Å². The Balaban J connectivity index is 2.08. The lowest BCUT2D eigenvalue weighted by molar-refractivity contribution is -0.118. The number of carbonyl (C=O) groups excluding carboxylic acids is 1. The van der Waals surface area contributed by atoms with Crippen LogP contribution in [-0.2, 0) is 14.8 Å². The molecule has 0 aliphatic rings. The number of anilines is 1. The van der Waals surface area contributed by atoms with Crippen LogP contribution in [0.25, 0.3) is 0 Å². The molecular formula is C19H22Cl2N2O6S. The SMILES string of the molecule is COc1cc(NC(=O)COc2ccc(S(=O)(=O)NC(C)C)cc2Cl)c(OC)cc1Cl. The van der Waals surface area contributed by atoms with Gasteiger partial charge in [-0.15, -0.1) is 0 Å². The van der Waals surface area contributed by atoms with Crippen LogP contribution in [-0.4, -0.2) is 41.2 Å². The van der Waals surface area contributed by atoms with Crippen molar-refractivity contribution in [3.05, 3.63) is 40.4 Å². The zero-order valence-electron chi connectivity index (χ0n) is 16.8. The highest BCUT2D eigenvalue weighted by molar-refractivity contribution is 7.89. The summed E-state index contributed by atoms with van der Waals surface area (Å²) in [6.45, 7) is 3.05. The number of hydrogen-bond acceptors (Lipinski definition) is 6. The Kier molecular flexibility index (Phi) is 8.19. The average molecular weight is 477 g/mol. The molecule has 0 bridgehead atoms. The van der Waals surface area contributed by atoms with Crippen molar-refractivity contribution in [1.29, 1.82) is 0 Å². The smallest absolute Gasteiger partial charge is 0.262 e. The molecule has 2 N–H and O–H groups in total. The Morgan fingerprint density at radius 1 is 1.00 bits per heavy atom. The van der Waals surface area contributed by atoms with Crippen LogP contribution < -0.4 is 24.2 Å². The first kappa shape index (κ1) is 24.1. The summed E-state index contributed by atoms with van der Waals surface area (Å²) >= 11 is 12.2. The number of nitrogens with one attached hydrogen (secondary N) is 2. The first-order chi connectivity index (χ1) is 14.1. The third-order valence-corrected chi connectivity index (χ3v) is 5.96. The van der Waals surface area contributed by atoms with E-state index in [2.05, 4.69) is 10.0 Å². The fraction of sp³-hybridized carbons (Fsp3) is 0.316. The molecule has 0 atom stereocenters. The largest absolute Gasteiger partial charge is 0.495 e. The monoisotopic (exact) mass is 476 g/mol. The summed E-state index contributed by atoms with van der Waals surface area (Å²) in [6.07, 6.45) is 0.